The number of esters is 2. The maximum atomic E-state index is 11.6. The van der Waals surface area contributed by atoms with E-state index in [9.17, 15) is 9.59 Å². The summed E-state index contributed by atoms with van der Waals surface area (Å²) in [5.41, 5.74) is 0.530. The SMILES string of the molecule is C=CCOc1cccc(N/C(=C/C(=O)OC)C(=O)OC)c1. The van der Waals surface area contributed by atoms with E-state index in [0.717, 1.165) is 6.08 Å². The lowest BCUT2D eigenvalue weighted by Crippen LogP contribution is -2.15. The van der Waals surface area contributed by atoms with Crippen molar-refractivity contribution in [3.63, 3.8) is 0 Å². The highest BCUT2D eigenvalue weighted by atomic mass is 16.5. The van der Waals surface area contributed by atoms with Crippen LogP contribution in [-0.4, -0.2) is 32.8 Å². The molecule has 0 aromatic heterocycles. The summed E-state index contributed by atoms with van der Waals surface area (Å²) >= 11 is 0. The Kier molecular flexibility index (Phi) is 6.53. The molecule has 112 valence electrons. The summed E-state index contributed by atoms with van der Waals surface area (Å²) in [7, 11) is 2.44. The lowest BCUT2D eigenvalue weighted by molar-refractivity contribution is -0.138. The van der Waals surface area contributed by atoms with Gasteiger partial charge in [0, 0.05) is 11.8 Å². The lowest BCUT2D eigenvalue weighted by Gasteiger charge is -2.10. The van der Waals surface area contributed by atoms with Crippen LogP contribution in [0.1, 0.15) is 0 Å². The highest BCUT2D eigenvalue weighted by Crippen LogP contribution is 2.19. The summed E-state index contributed by atoms with van der Waals surface area (Å²) in [4.78, 5) is 22.9. The van der Waals surface area contributed by atoms with Crippen molar-refractivity contribution in [3.05, 3.63) is 48.7 Å². The van der Waals surface area contributed by atoms with Crippen LogP contribution in [-0.2, 0) is 19.1 Å². The number of anilines is 1. The molecular weight excluding hydrogens is 274 g/mol. The van der Waals surface area contributed by atoms with Crippen molar-refractivity contribution >= 4 is 17.6 Å². The van der Waals surface area contributed by atoms with Crippen LogP contribution >= 0.6 is 0 Å². The molecule has 0 heterocycles. The van der Waals surface area contributed by atoms with Crippen LogP contribution in [0.2, 0.25) is 0 Å². The highest BCUT2D eigenvalue weighted by Gasteiger charge is 2.13. The molecule has 1 aromatic rings. The van der Waals surface area contributed by atoms with Gasteiger partial charge in [0.15, 0.2) is 0 Å². The van der Waals surface area contributed by atoms with Crippen molar-refractivity contribution in [2.45, 2.75) is 0 Å². The third-order valence-electron chi connectivity index (χ3n) is 2.35. The Hall–Kier alpha value is -2.76. The van der Waals surface area contributed by atoms with Gasteiger partial charge in [0.05, 0.1) is 20.3 Å². The smallest absolute Gasteiger partial charge is 0.354 e. The Balaban J connectivity index is 2.93. The average Bonchev–Trinajstić information content (AvgIpc) is 2.51. The van der Waals surface area contributed by atoms with Gasteiger partial charge < -0.3 is 19.5 Å². The molecule has 0 aliphatic heterocycles. The third-order valence-corrected chi connectivity index (χ3v) is 2.35. The second-order valence-corrected chi connectivity index (χ2v) is 3.83. The van der Waals surface area contributed by atoms with Crippen LogP contribution in [0.15, 0.2) is 48.7 Å². The van der Waals surface area contributed by atoms with Crippen molar-refractivity contribution in [3.8, 4) is 5.75 Å². The molecule has 6 nitrogen and oxygen atoms in total. The zero-order chi connectivity index (χ0) is 15.7. The molecule has 0 radical (unpaired) electrons. The summed E-state index contributed by atoms with van der Waals surface area (Å²) in [5, 5.41) is 2.79. The summed E-state index contributed by atoms with van der Waals surface area (Å²) in [6.07, 6.45) is 2.64. The maximum absolute atomic E-state index is 11.6. The zero-order valence-electron chi connectivity index (χ0n) is 11.9. The van der Waals surface area contributed by atoms with Gasteiger partial charge in [-0.05, 0) is 12.1 Å². The Morgan fingerprint density at radius 3 is 2.67 bits per heavy atom. The van der Waals surface area contributed by atoms with Gasteiger partial charge in [-0.3, -0.25) is 0 Å². The summed E-state index contributed by atoms with van der Waals surface area (Å²) in [6, 6.07) is 6.90. The van der Waals surface area contributed by atoms with Crippen LogP contribution in [0.3, 0.4) is 0 Å². The van der Waals surface area contributed by atoms with Crippen molar-refractivity contribution < 1.29 is 23.8 Å². The van der Waals surface area contributed by atoms with Gasteiger partial charge in [-0.25, -0.2) is 9.59 Å². The second kappa shape index (κ2) is 8.42. The van der Waals surface area contributed by atoms with Crippen LogP contribution in [0.25, 0.3) is 0 Å². The van der Waals surface area contributed by atoms with Gasteiger partial charge in [0.1, 0.15) is 18.1 Å². The molecular formula is C15H17NO5. The van der Waals surface area contributed by atoms with Gasteiger partial charge in [0.25, 0.3) is 0 Å². The maximum Gasteiger partial charge on any atom is 0.354 e. The standard InChI is InChI=1S/C15H17NO5/c1-4-8-21-12-7-5-6-11(9-12)16-13(15(18)20-3)10-14(17)19-2/h4-7,9-10,16H,1,8H2,2-3H3/b13-10+. The van der Waals surface area contributed by atoms with E-state index < -0.39 is 11.9 Å². The summed E-state index contributed by atoms with van der Waals surface area (Å²) in [6.45, 7) is 3.93. The number of methoxy groups -OCH3 is 2. The third kappa shape index (κ3) is 5.40. The number of ether oxygens (including phenoxy) is 3. The normalized spacial score (nSPS) is 10.5. The van der Waals surface area contributed by atoms with Gasteiger partial charge in [-0.2, -0.15) is 0 Å². The van der Waals surface area contributed by atoms with Gasteiger partial charge in [-0.15, -0.1) is 0 Å². The average molecular weight is 291 g/mol. The van der Waals surface area contributed by atoms with E-state index in [1.165, 1.54) is 14.2 Å². The molecule has 0 unspecified atom stereocenters. The molecule has 0 aliphatic carbocycles. The monoisotopic (exact) mass is 291 g/mol. The van der Waals surface area contributed by atoms with Crippen LogP contribution in [0.5, 0.6) is 5.75 Å². The minimum absolute atomic E-state index is 0.0368. The first-order valence-corrected chi connectivity index (χ1v) is 6.09. The van der Waals surface area contributed by atoms with Crippen molar-refractivity contribution in [1.29, 1.82) is 0 Å². The number of nitrogens with one attached hydrogen (secondary N) is 1. The van der Waals surface area contributed by atoms with E-state index in [1.54, 1.807) is 30.3 Å². The Morgan fingerprint density at radius 2 is 2.05 bits per heavy atom. The zero-order valence-corrected chi connectivity index (χ0v) is 11.9. The fourth-order valence-electron chi connectivity index (χ4n) is 1.41. The lowest BCUT2D eigenvalue weighted by atomic mass is 10.2. The predicted molar refractivity (Wildman–Crippen MR) is 77.9 cm³/mol. The molecule has 0 fully saturated rings. The minimum Gasteiger partial charge on any atom is -0.489 e. The molecule has 6 heteroatoms. The van der Waals surface area contributed by atoms with Gasteiger partial charge >= 0.3 is 11.9 Å². The van der Waals surface area contributed by atoms with Crippen molar-refractivity contribution in [1.82, 2.24) is 0 Å². The predicted octanol–water partition coefficient (Wildman–Crippen LogP) is 1.89. The molecule has 0 spiro atoms. The van der Waals surface area contributed by atoms with E-state index in [2.05, 4.69) is 21.4 Å². The van der Waals surface area contributed by atoms with Gasteiger partial charge in [-0.1, -0.05) is 18.7 Å². The first-order chi connectivity index (χ1) is 10.1. The number of hydrogen-bond donors (Lipinski definition) is 1. The van der Waals surface area contributed by atoms with E-state index in [4.69, 9.17) is 4.74 Å². The number of hydrogen-bond acceptors (Lipinski definition) is 6. The molecule has 0 saturated heterocycles. The Morgan fingerprint density at radius 1 is 1.29 bits per heavy atom. The number of benzene rings is 1. The number of carbonyl (C=O) groups excluding carboxylic acids is 2. The first kappa shape index (κ1) is 16.3. The minimum atomic E-state index is -0.683. The summed E-state index contributed by atoms with van der Waals surface area (Å²) in [5.74, 6) is -0.748. The Labute approximate surface area is 123 Å². The molecule has 0 aliphatic rings. The number of carbonyl (C=O) groups is 2. The molecule has 0 bridgehead atoms. The molecule has 21 heavy (non-hydrogen) atoms. The molecule has 0 amide bonds. The largest absolute Gasteiger partial charge is 0.489 e. The van der Waals surface area contributed by atoms with E-state index in [0.29, 0.717) is 18.0 Å². The molecule has 0 atom stereocenters. The van der Waals surface area contributed by atoms with Gasteiger partial charge in [0.2, 0.25) is 0 Å². The molecule has 1 N–H and O–H groups in total. The number of rotatable bonds is 7. The van der Waals surface area contributed by atoms with Crippen LogP contribution in [0, 0.1) is 0 Å². The second-order valence-electron chi connectivity index (χ2n) is 3.83. The highest BCUT2D eigenvalue weighted by molar-refractivity contribution is 5.98. The quantitative estimate of drug-likeness (QED) is 0.470. The van der Waals surface area contributed by atoms with Crippen molar-refractivity contribution in [2.75, 3.05) is 26.1 Å². The molecule has 1 rings (SSSR count). The van der Waals surface area contributed by atoms with Crippen LogP contribution < -0.4 is 10.1 Å². The van der Waals surface area contributed by atoms with Crippen molar-refractivity contribution in [2.24, 2.45) is 0 Å². The fraction of sp³-hybridized carbons (Fsp3) is 0.200. The van der Waals surface area contributed by atoms with E-state index >= 15 is 0 Å². The first-order valence-electron chi connectivity index (χ1n) is 6.09. The fourth-order valence-corrected chi connectivity index (χ4v) is 1.41. The van der Waals surface area contributed by atoms with Crippen LogP contribution in [0.4, 0.5) is 5.69 Å². The Bertz CT molecular complexity index is 551. The van der Waals surface area contributed by atoms with E-state index in [-0.39, 0.29) is 5.70 Å². The molecule has 1 aromatic carbocycles. The molecule has 0 saturated carbocycles. The van der Waals surface area contributed by atoms with E-state index in [1.807, 2.05) is 0 Å². The summed E-state index contributed by atoms with van der Waals surface area (Å²) < 4.78 is 14.5. The topological polar surface area (TPSA) is 73.9 Å².